The Morgan fingerprint density at radius 2 is 1.65 bits per heavy atom. The van der Waals surface area contributed by atoms with Crippen molar-refractivity contribution in [3.8, 4) is 0 Å². The molecular formula is C24H30F3N3O3S. The van der Waals surface area contributed by atoms with Crippen molar-refractivity contribution in [1.29, 1.82) is 0 Å². The number of carbonyl (C=O) groups is 1. The molecule has 0 atom stereocenters. The van der Waals surface area contributed by atoms with Crippen LogP contribution < -0.4 is 9.62 Å². The molecule has 34 heavy (non-hydrogen) atoms. The molecule has 1 amide bonds. The molecule has 1 heterocycles. The highest BCUT2D eigenvalue weighted by Crippen LogP contribution is 2.33. The third kappa shape index (κ3) is 7.20. The molecule has 1 aliphatic rings. The van der Waals surface area contributed by atoms with Crippen molar-refractivity contribution in [2.24, 2.45) is 0 Å². The molecule has 0 radical (unpaired) electrons. The van der Waals surface area contributed by atoms with Crippen LogP contribution in [0.25, 0.3) is 0 Å². The van der Waals surface area contributed by atoms with Gasteiger partial charge in [0.25, 0.3) is 10.0 Å². The van der Waals surface area contributed by atoms with Crippen LogP contribution in [0, 0.1) is 0 Å². The number of hydrogen-bond acceptors (Lipinski definition) is 4. The van der Waals surface area contributed by atoms with Crippen LogP contribution >= 0.6 is 0 Å². The number of carbonyl (C=O) groups excluding carboxylic acids is 1. The highest BCUT2D eigenvalue weighted by molar-refractivity contribution is 7.92. The van der Waals surface area contributed by atoms with Gasteiger partial charge in [0.1, 0.15) is 6.54 Å². The lowest BCUT2D eigenvalue weighted by molar-refractivity contribution is -0.137. The average Bonchev–Trinajstić information content (AvgIpc) is 3.09. The average molecular weight is 498 g/mol. The van der Waals surface area contributed by atoms with E-state index in [2.05, 4.69) is 10.2 Å². The molecule has 0 aromatic heterocycles. The molecule has 6 nitrogen and oxygen atoms in total. The van der Waals surface area contributed by atoms with Gasteiger partial charge in [0, 0.05) is 6.54 Å². The van der Waals surface area contributed by atoms with Crippen LogP contribution in [0.1, 0.15) is 37.7 Å². The van der Waals surface area contributed by atoms with Crippen LogP contribution in [0.15, 0.2) is 59.5 Å². The van der Waals surface area contributed by atoms with Crippen LogP contribution in [0.3, 0.4) is 0 Å². The summed E-state index contributed by atoms with van der Waals surface area (Å²) >= 11 is 0. The molecule has 2 aromatic rings. The number of benzene rings is 2. The van der Waals surface area contributed by atoms with Gasteiger partial charge in [0.05, 0.1) is 16.1 Å². The van der Waals surface area contributed by atoms with E-state index in [1.165, 1.54) is 43.2 Å². The minimum Gasteiger partial charge on any atom is -0.354 e. The normalized spacial score (nSPS) is 15.5. The molecule has 186 valence electrons. The van der Waals surface area contributed by atoms with Crippen molar-refractivity contribution in [2.45, 2.75) is 43.2 Å². The topological polar surface area (TPSA) is 69.7 Å². The van der Waals surface area contributed by atoms with E-state index in [0.29, 0.717) is 13.0 Å². The molecule has 1 N–H and O–H groups in total. The summed E-state index contributed by atoms with van der Waals surface area (Å²) < 4.78 is 67.0. The van der Waals surface area contributed by atoms with Gasteiger partial charge < -0.3 is 10.2 Å². The van der Waals surface area contributed by atoms with Crippen LogP contribution in [0.5, 0.6) is 0 Å². The second-order valence-corrected chi connectivity index (χ2v) is 10.2. The quantitative estimate of drug-likeness (QED) is 0.525. The number of anilines is 1. The van der Waals surface area contributed by atoms with E-state index >= 15 is 0 Å². The lowest BCUT2D eigenvalue weighted by Crippen LogP contribution is -2.41. The maximum absolute atomic E-state index is 13.3. The minimum absolute atomic E-state index is 0.110. The van der Waals surface area contributed by atoms with Gasteiger partial charge in [0.2, 0.25) is 5.91 Å². The highest BCUT2D eigenvalue weighted by Gasteiger charge is 2.33. The van der Waals surface area contributed by atoms with E-state index in [1.54, 1.807) is 6.07 Å². The first-order valence-corrected chi connectivity index (χ1v) is 12.9. The lowest BCUT2D eigenvalue weighted by Gasteiger charge is -2.25. The Hall–Kier alpha value is -2.59. The number of halogens is 3. The predicted octanol–water partition coefficient (Wildman–Crippen LogP) is 4.28. The Labute approximate surface area is 198 Å². The number of rotatable bonds is 9. The molecule has 1 saturated heterocycles. The van der Waals surface area contributed by atoms with E-state index < -0.39 is 34.2 Å². The Bertz CT molecular complexity index is 1040. The van der Waals surface area contributed by atoms with Gasteiger partial charge in [-0.25, -0.2) is 8.42 Å². The standard InChI is InChI=1S/C24H30F3N3O3S/c25-24(26,27)20-10-8-11-21(18-20)30(34(32,33)22-12-4-3-5-13-22)19-23(31)28-14-9-17-29-15-6-1-2-7-16-29/h3-5,8,10-13,18H,1-2,6-7,9,14-17,19H2,(H,28,31). The highest BCUT2D eigenvalue weighted by atomic mass is 32.2. The number of nitrogens with zero attached hydrogens (tertiary/aromatic N) is 2. The summed E-state index contributed by atoms with van der Waals surface area (Å²) in [6.45, 7) is 2.64. The number of sulfonamides is 1. The largest absolute Gasteiger partial charge is 0.416 e. The summed E-state index contributed by atoms with van der Waals surface area (Å²) in [5.41, 5.74) is -1.21. The van der Waals surface area contributed by atoms with Crippen molar-refractivity contribution < 1.29 is 26.4 Å². The van der Waals surface area contributed by atoms with E-state index in [4.69, 9.17) is 0 Å². The van der Waals surface area contributed by atoms with Crippen molar-refractivity contribution in [1.82, 2.24) is 10.2 Å². The molecule has 10 heteroatoms. The number of alkyl halides is 3. The van der Waals surface area contributed by atoms with E-state index in [9.17, 15) is 26.4 Å². The summed E-state index contributed by atoms with van der Waals surface area (Å²) in [6.07, 6.45) is 0.850. The second-order valence-electron chi connectivity index (χ2n) is 8.33. The first-order chi connectivity index (χ1) is 16.2. The summed E-state index contributed by atoms with van der Waals surface area (Å²) in [4.78, 5) is 14.9. The molecule has 0 bridgehead atoms. The van der Waals surface area contributed by atoms with E-state index in [0.717, 1.165) is 55.0 Å². The number of nitrogens with one attached hydrogen (secondary N) is 1. The Balaban J connectivity index is 1.72. The molecule has 3 rings (SSSR count). The molecule has 0 aliphatic carbocycles. The van der Waals surface area contributed by atoms with Crippen LogP contribution in [-0.4, -0.2) is 51.9 Å². The molecular weight excluding hydrogens is 467 g/mol. The first kappa shape index (κ1) is 26.0. The monoisotopic (exact) mass is 497 g/mol. The maximum Gasteiger partial charge on any atom is 0.416 e. The van der Waals surface area contributed by atoms with Crippen molar-refractivity contribution in [3.63, 3.8) is 0 Å². The zero-order chi connectivity index (χ0) is 24.6. The fourth-order valence-electron chi connectivity index (χ4n) is 3.95. The Kier molecular flexibility index (Phi) is 8.96. The fraction of sp³-hybridized carbons (Fsp3) is 0.458. The second kappa shape index (κ2) is 11.7. The van der Waals surface area contributed by atoms with Gasteiger partial charge in [-0.3, -0.25) is 9.10 Å². The third-order valence-electron chi connectivity index (χ3n) is 5.75. The van der Waals surface area contributed by atoms with Crippen molar-refractivity contribution >= 4 is 21.6 Å². The molecule has 0 spiro atoms. The summed E-state index contributed by atoms with van der Waals surface area (Å²) in [6, 6.07) is 11.3. The summed E-state index contributed by atoms with van der Waals surface area (Å²) in [5, 5.41) is 2.71. The number of amides is 1. The van der Waals surface area contributed by atoms with Crippen molar-refractivity contribution in [2.75, 3.05) is 37.0 Å². The Morgan fingerprint density at radius 3 is 2.29 bits per heavy atom. The fourth-order valence-corrected chi connectivity index (χ4v) is 5.38. The molecule has 2 aromatic carbocycles. The molecule has 0 unspecified atom stereocenters. The summed E-state index contributed by atoms with van der Waals surface area (Å²) in [7, 11) is -4.27. The lowest BCUT2D eigenvalue weighted by atomic mass is 10.2. The van der Waals surface area contributed by atoms with Gasteiger partial charge in [-0.15, -0.1) is 0 Å². The third-order valence-corrected chi connectivity index (χ3v) is 7.54. The number of hydrogen-bond donors (Lipinski definition) is 1. The van der Waals surface area contributed by atoms with Crippen LogP contribution in [-0.2, 0) is 21.0 Å². The van der Waals surface area contributed by atoms with Crippen molar-refractivity contribution in [3.05, 3.63) is 60.2 Å². The molecule has 1 aliphatic heterocycles. The number of likely N-dealkylation sites (tertiary alicyclic amines) is 1. The zero-order valence-corrected chi connectivity index (χ0v) is 19.7. The van der Waals surface area contributed by atoms with Gasteiger partial charge in [-0.2, -0.15) is 13.2 Å². The van der Waals surface area contributed by atoms with Gasteiger partial charge >= 0.3 is 6.18 Å². The smallest absolute Gasteiger partial charge is 0.354 e. The van der Waals surface area contributed by atoms with Gasteiger partial charge in [0.15, 0.2) is 0 Å². The zero-order valence-electron chi connectivity index (χ0n) is 18.9. The minimum atomic E-state index is -4.65. The summed E-state index contributed by atoms with van der Waals surface area (Å²) in [5.74, 6) is -0.576. The van der Waals surface area contributed by atoms with E-state index in [1.807, 2.05) is 0 Å². The molecule has 1 fully saturated rings. The van der Waals surface area contributed by atoms with Gasteiger partial charge in [-0.05, 0) is 69.2 Å². The van der Waals surface area contributed by atoms with Crippen LogP contribution in [0.2, 0.25) is 0 Å². The van der Waals surface area contributed by atoms with Crippen LogP contribution in [0.4, 0.5) is 18.9 Å². The SMILES string of the molecule is O=C(CN(c1cccc(C(F)(F)F)c1)S(=O)(=O)c1ccccc1)NCCCN1CCCCCC1. The Morgan fingerprint density at radius 1 is 0.971 bits per heavy atom. The predicted molar refractivity (Wildman–Crippen MR) is 125 cm³/mol. The molecule has 0 saturated carbocycles. The van der Waals surface area contributed by atoms with E-state index in [-0.39, 0.29) is 10.6 Å². The first-order valence-electron chi connectivity index (χ1n) is 11.4. The van der Waals surface area contributed by atoms with Gasteiger partial charge in [-0.1, -0.05) is 37.1 Å². The maximum atomic E-state index is 13.3.